The molecule has 3 aromatic rings. The summed E-state index contributed by atoms with van der Waals surface area (Å²) in [5.41, 5.74) is 1.92. The Kier molecular flexibility index (Phi) is 7.10. The van der Waals surface area contributed by atoms with E-state index in [-0.39, 0.29) is 17.3 Å². The number of amides is 1. The highest BCUT2D eigenvalue weighted by molar-refractivity contribution is 9.10. The van der Waals surface area contributed by atoms with Crippen LogP contribution in [0.1, 0.15) is 5.56 Å². The number of halogens is 3. The highest BCUT2D eigenvalue weighted by atomic mass is 79.9. The van der Waals surface area contributed by atoms with Crippen LogP contribution in [0.4, 0.5) is 10.1 Å². The number of hydrogen-bond donors (Lipinski definition) is 1. The topological polar surface area (TPSA) is 59.8 Å². The SMILES string of the molecule is C=CCn1c(SCC(=O)Nc2ccc(Br)cc2F)nnc1-c1ccc(C)c(Cl)c1. The Morgan fingerprint density at radius 3 is 2.83 bits per heavy atom. The zero-order valence-corrected chi connectivity index (χ0v) is 18.6. The molecule has 1 heterocycles. The number of nitrogens with one attached hydrogen (secondary N) is 1. The fourth-order valence-corrected chi connectivity index (χ4v) is 3.80. The van der Waals surface area contributed by atoms with Gasteiger partial charge in [-0.15, -0.1) is 16.8 Å². The Hall–Kier alpha value is -2.16. The molecule has 0 bridgehead atoms. The van der Waals surface area contributed by atoms with Gasteiger partial charge < -0.3 is 5.32 Å². The van der Waals surface area contributed by atoms with Gasteiger partial charge in [-0.2, -0.15) is 0 Å². The lowest BCUT2D eigenvalue weighted by Gasteiger charge is -2.09. The van der Waals surface area contributed by atoms with E-state index in [1.165, 1.54) is 23.9 Å². The van der Waals surface area contributed by atoms with Crippen LogP contribution in [0.5, 0.6) is 0 Å². The van der Waals surface area contributed by atoms with Crippen molar-refractivity contribution in [3.8, 4) is 11.4 Å². The predicted molar refractivity (Wildman–Crippen MR) is 119 cm³/mol. The van der Waals surface area contributed by atoms with Crippen LogP contribution in [0.15, 0.2) is 58.7 Å². The molecule has 0 saturated heterocycles. The maximum atomic E-state index is 13.9. The molecule has 150 valence electrons. The third kappa shape index (κ3) is 5.26. The highest BCUT2D eigenvalue weighted by Crippen LogP contribution is 2.28. The number of allylic oxidation sites excluding steroid dienone is 1. The van der Waals surface area contributed by atoms with Gasteiger partial charge in [0.15, 0.2) is 11.0 Å². The van der Waals surface area contributed by atoms with Crippen LogP contribution in [0.25, 0.3) is 11.4 Å². The van der Waals surface area contributed by atoms with Crippen molar-refractivity contribution in [2.24, 2.45) is 0 Å². The summed E-state index contributed by atoms with van der Waals surface area (Å²) in [7, 11) is 0. The minimum Gasteiger partial charge on any atom is -0.323 e. The molecule has 29 heavy (non-hydrogen) atoms. The Balaban J connectivity index is 1.75. The number of rotatable bonds is 7. The van der Waals surface area contributed by atoms with Crippen LogP contribution in [0, 0.1) is 12.7 Å². The fourth-order valence-electron chi connectivity index (χ4n) is 2.54. The zero-order chi connectivity index (χ0) is 21.0. The Labute approximate surface area is 185 Å². The van der Waals surface area contributed by atoms with Gasteiger partial charge >= 0.3 is 0 Å². The lowest BCUT2D eigenvalue weighted by molar-refractivity contribution is -0.113. The van der Waals surface area contributed by atoms with E-state index >= 15 is 0 Å². The molecule has 5 nitrogen and oxygen atoms in total. The first kappa shape index (κ1) is 21.5. The van der Waals surface area contributed by atoms with E-state index in [1.807, 2.05) is 29.7 Å². The minimum absolute atomic E-state index is 0.0550. The molecule has 0 fully saturated rings. The van der Waals surface area contributed by atoms with Gasteiger partial charge in [-0.3, -0.25) is 9.36 Å². The molecule has 0 radical (unpaired) electrons. The predicted octanol–water partition coefficient (Wildman–Crippen LogP) is 5.73. The smallest absolute Gasteiger partial charge is 0.234 e. The van der Waals surface area contributed by atoms with Crippen LogP contribution in [-0.4, -0.2) is 26.4 Å². The number of aryl methyl sites for hydroxylation is 1. The van der Waals surface area contributed by atoms with E-state index in [9.17, 15) is 9.18 Å². The average Bonchev–Trinajstić information content (AvgIpc) is 3.07. The van der Waals surface area contributed by atoms with Crippen LogP contribution in [-0.2, 0) is 11.3 Å². The number of thioether (sulfide) groups is 1. The summed E-state index contributed by atoms with van der Waals surface area (Å²) < 4.78 is 16.3. The van der Waals surface area contributed by atoms with Gasteiger partial charge in [0.05, 0.1) is 11.4 Å². The zero-order valence-electron chi connectivity index (χ0n) is 15.5. The third-order valence-electron chi connectivity index (χ3n) is 4.00. The average molecular weight is 496 g/mol. The first-order chi connectivity index (χ1) is 13.9. The molecule has 0 aliphatic heterocycles. The van der Waals surface area contributed by atoms with Crippen LogP contribution >= 0.6 is 39.3 Å². The molecule has 2 aromatic carbocycles. The second-order valence-corrected chi connectivity index (χ2v) is 8.40. The molecule has 0 aliphatic rings. The van der Waals surface area contributed by atoms with E-state index in [1.54, 1.807) is 12.1 Å². The van der Waals surface area contributed by atoms with Gasteiger partial charge in [-0.1, -0.05) is 57.5 Å². The maximum absolute atomic E-state index is 13.9. The van der Waals surface area contributed by atoms with Crippen molar-refractivity contribution in [3.05, 3.63) is 69.9 Å². The number of anilines is 1. The summed E-state index contributed by atoms with van der Waals surface area (Å²) in [6, 6.07) is 10.1. The normalized spacial score (nSPS) is 10.8. The Bertz CT molecular complexity index is 1070. The highest BCUT2D eigenvalue weighted by Gasteiger charge is 2.16. The summed E-state index contributed by atoms with van der Waals surface area (Å²) in [5.74, 6) is -0.163. The molecule has 0 unspecified atom stereocenters. The maximum Gasteiger partial charge on any atom is 0.234 e. The summed E-state index contributed by atoms with van der Waals surface area (Å²) in [6.45, 7) is 6.17. The first-order valence-corrected chi connectivity index (χ1v) is 10.7. The second-order valence-electron chi connectivity index (χ2n) is 6.13. The van der Waals surface area contributed by atoms with Crippen molar-refractivity contribution in [2.45, 2.75) is 18.6 Å². The Morgan fingerprint density at radius 1 is 1.34 bits per heavy atom. The van der Waals surface area contributed by atoms with Gasteiger partial charge in [0.25, 0.3) is 0 Å². The molecular formula is C20H17BrClFN4OS. The van der Waals surface area contributed by atoms with Crippen molar-refractivity contribution in [3.63, 3.8) is 0 Å². The fraction of sp³-hybridized carbons (Fsp3) is 0.150. The molecule has 9 heteroatoms. The monoisotopic (exact) mass is 494 g/mol. The third-order valence-corrected chi connectivity index (χ3v) is 5.86. The lowest BCUT2D eigenvalue weighted by Crippen LogP contribution is -2.15. The van der Waals surface area contributed by atoms with Crippen molar-refractivity contribution in [1.82, 2.24) is 14.8 Å². The van der Waals surface area contributed by atoms with Crippen LogP contribution in [0.2, 0.25) is 5.02 Å². The molecule has 1 amide bonds. The van der Waals surface area contributed by atoms with Crippen LogP contribution < -0.4 is 5.32 Å². The quantitative estimate of drug-likeness (QED) is 0.336. The number of carbonyl (C=O) groups is 1. The first-order valence-electron chi connectivity index (χ1n) is 8.57. The van der Waals surface area contributed by atoms with Gasteiger partial charge in [-0.25, -0.2) is 4.39 Å². The number of nitrogens with zero attached hydrogens (tertiary/aromatic N) is 3. The number of aromatic nitrogens is 3. The van der Waals surface area contributed by atoms with E-state index < -0.39 is 5.82 Å². The van der Waals surface area contributed by atoms with E-state index in [2.05, 4.69) is 38.0 Å². The minimum atomic E-state index is -0.508. The van der Waals surface area contributed by atoms with Gasteiger partial charge in [0.2, 0.25) is 5.91 Å². The summed E-state index contributed by atoms with van der Waals surface area (Å²) in [5, 5.41) is 12.2. The van der Waals surface area contributed by atoms with E-state index in [0.717, 1.165) is 11.1 Å². The molecule has 0 atom stereocenters. The largest absolute Gasteiger partial charge is 0.323 e. The van der Waals surface area contributed by atoms with Crippen molar-refractivity contribution in [1.29, 1.82) is 0 Å². The summed E-state index contributed by atoms with van der Waals surface area (Å²) >= 11 is 10.6. The van der Waals surface area contributed by atoms with E-state index in [4.69, 9.17) is 11.6 Å². The molecule has 1 N–H and O–H groups in total. The second kappa shape index (κ2) is 9.56. The van der Waals surface area contributed by atoms with Crippen LogP contribution in [0.3, 0.4) is 0 Å². The van der Waals surface area contributed by atoms with Gasteiger partial charge in [0.1, 0.15) is 5.82 Å². The molecular weight excluding hydrogens is 479 g/mol. The molecule has 0 aliphatic carbocycles. The standard InChI is InChI=1S/C20H17BrClFN4OS/c1-3-8-27-19(13-5-4-12(2)15(22)9-13)25-26-20(27)29-11-18(28)24-17-7-6-14(21)10-16(17)23/h3-7,9-10H,1,8,11H2,2H3,(H,24,28). The van der Waals surface area contributed by atoms with Gasteiger partial charge in [0, 0.05) is 21.6 Å². The summed E-state index contributed by atoms with van der Waals surface area (Å²) in [4.78, 5) is 12.2. The lowest BCUT2D eigenvalue weighted by atomic mass is 10.1. The molecule has 0 spiro atoms. The number of carbonyl (C=O) groups excluding carboxylic acids is 1. The Morgan fingerprint density at radius 2 is 2.14 bits per heavy atom. The van der Waals surface area contributed by atoms with E-state index in [0.29, 0.717) is 27.0 Å². The number of benzene rings is 2. The van der Waals surface area contributed by atoms with Crippen molar-refractivity contribution >= 4 is 50.9 Å². The molecule has 3 rings (SSSR count). The van der Waals surface area contributed by atoms with Crippen molar-refractivity contribution in [2.75, 3.05) is 11.1 Å². The summed E-state index contributed by atoms with van der Waals surface area (Å²) in [6.07, 6.45) is 1.73. The van der Waals surface area contributed by atoms with Gasteiger partial charge in [-0.05, 0) is 36.8 Å². The molecule has 0 saturated carbocycles. The number of hydrogen-bond acceptors (Lipinski definition) is 4. The van der Waals surface area contributed by atoms with Crippen molar-refractivity contribution < 1.29 is 9.18 Å². The molecule has 1 aromatic heterocycles.